The lowest BCUT2D eigenvalue weighted by atomic mass is 9.89. The molecule has 2 unspecified atom stereocenters. The summed E-state index contributed by atoms with van der Waals surface area (Å²) in [6, 6.07) is 5.76. The molecule has 0 bridgehead atoms. The Kier molecular flexibility index (Phi) is 5.19. The maximum absolute atomic E-state index is 6.19. The minimum atomic E-state index is 0.288. The lowest BCUT2D eigenvalue weighted by molar-refractivity contribution is 0.610. The fraction of sp³-hybridized carbons (Fsp3) is 0.429. The first-order chi connectivity index (χ1) is 7.57. The summed E-state index contributed by atoms with van der Waals surface area (Å²) in [4.78, 5) is 0. The Bertz CT molecular complexity index is 412. The molecule has 1 aromatic carbocycles. The number of hydrogen-bond donors (Lipinski definition) is 0. The Morgan fingerprint density at radius 2 is 1.94 bits per heavy atom. The van der Waals surface area contributed by atoms with E-state index in [9.17, 15) is 0 Å². The van der Waals surface area contributed by atoms with Gasteiger partial charge >= 0.3 is 0 Å². The van der Waals surface area contributed by atoms with Gasteiger partial charge in [-0.25, -0.2) is 0 Å². The van der Waals surface area contributed by atoms with Crippen LogP contribution in [0.3, 0.4) is 0 Å². The van der Waals surface area contributed by atoms with E-state index >= 15 is 0 Å². The van der Waals surface area contributed by atoms with Crippen LogP contribution >= 0.6 is 23.2 Å². The third-order valence-corrected chi connectivity index (χ3v) is 3.56. The number of rotatable bonds is 2. The molecule has 0 spiro atoms. The normalized spacial score (nSPS) is 13.8. The molecule has 0 amide bonds. The molecule has 0 aliphatic carbocycles. The molecule has 2 heteroatoms. The molecule has 0 heterocycles. The fourth-order valence-electron chi connectivity index (χ4n) is 1.53. The molecule has 0 aliphatic rings. The Morgan fingerprint density at radius 3 is 2.56 bits per heavy atom. The van der Waals surface area contributed by atoms with E-state index in [1.165, 1.54) is 0 Å². The van der Waals surface area contributed by atoms with E-state index in [0.29, 0.717) is 16.0 Å². The minimum absolute atomic E-state index is 0.288. The van der Waals surface area contributed by atoms with Crippen LogP contribution in [0.5, 0.6) is 0 Å². The van der Waals surface area contributed by atoms with E-state index in [4.69, 9.17) is 23.2 Å². The fourth-order valence-corrected chi connectivity index (χ4v) is 2.01. The molecule has 0 nitrogen and oxygen atoms in total. The van der Waals surface area contributed by atoms with E-state index in [2.05, 4.69) is 32.6 Å². The molecular formula is C14H16Cl2. The third-order valence-electron chi connectivity index (χ3n) is 2.73. The highest BCUT2D eigenvalue weighted by Crippen LogP contribution is 2.34. The predicted molar refractivity (Wildman–Crippen MR) is 72.1 cm³/mol. The standard InChI is InChI=1S/C14H16Cl2/c1-4-5-7-10(2)11(3)12-8-6-9-13(15)14(12)16/h6,8-11H,4H2,1-3H3. The maximum atomic E-state index is 6.19. The van der Waals surface area contributed by atoms with Gasteiger partial charge in [0.05, 0.1) is 10.0 Å². The van der Waals surface area contributed by atoms with Gasteiger partial charge in [0.25, 0.3) is 0 Å². The van der Waals surface area contributed by atoms with Crippen molar-refractivity contribution in [3.8, 4) is 11.8 Å². The van der Waals surface area contributed by atoms with Crippen LogP contribution in [0.25, 0.3) is 0 Å². The Hall–Kier alpha value is -0.640. The first kappa shape index (κ1) is 13.4. The van der Waals surface area contributed by atoms with Crippen molar-refractivity contribution in [1.29, 1.82) is 0 Å². The number of hydrogen-bond acceptors (Lipinski definition) is 0. The van der Waals surface area contributed by atoms with Gasteiger partial charge in [0.15, 0.2) is 0 Å². The number of benzene rings is 1. The second-order valence-corrected chi connectivity index (χ2v) is 4.68. The molecule has 2 atom stereocenters. The van der Waals surface area contributed by atoms with Gasteiger partial charge < -0.3 is 0 Å². The van der Waals surface area contributed by atoms with Gasteiger partial charge in [0.1, 0.15) is 0 Å². The van der Waals surface area contributed by atoms with E-state index in [1.54, 1.807) is 0 Å². The first-order valence-corrected chi connectivity index (χ1v) is 6.25. The average molecular weight is 255 g/mol. The Labute approximate surface area is 108 Å². The number of halogens is 2. The first-order valence-electron chi connectivity index (χ1n) is 5.50. The maximum Gasteiger partial charge on any atom is 0.0627 e. The van der Waals surface area contributed by atoms with Crippen molar-refractivity contribution in [1.82, 2.24) is 0 Å². The third kappa shape index (κ3) is 3.17. The lowest BCUT2D eigenvalue weighted by Crippen LogP contribution is -2.04. The molecule has 16 heavy (non-hydrogen) atoms. The zero-order valence-corrected chi connectivity index (χ0v) is 11.4. The van der Waals surface area contributed by atoms with Gasteiger partial charge in [-0.2, -0.15) is 0 Å². The summed E-state index contributed by atoms with van der Waals surface area (Å²) in [5, 5.41) is 1.27. The van der Waals surface area contributed by atoms with Crippen LogP contribution in [-0.4, -0.2) is 0 Å². The molecule has 1 aromatic rings. The summed E-state index contributed by atoms with van der Waals surface area (Å²) in [6.45, 7) is 6.30. The monoisotopic (exact) mass is 254 g/mol. The van der Waals surface area contributed by atoms with Crippen LogP contribution in [0.2, 0.25) is 10.0 Å². The zero-order valence-electron chi connectivity index (χ0n) is 9.85. The van der Waals surface area contributed by atoms with Crippen molar-refractivity contribution in [3.05, 3.63) is 33.8 Å². The average Bonchev–Trinajstić information content (AvgIpc) is 2.28. The summed E-state index contributed by atoms with van der Waals surface area (Å²) in [6.07, 6.45) is 0.889. The predicted octanol–water partition coefficient (Wildman–Crippen LogP) is 5.15. The van der Waals surface area contributed by atoms with Gasteiger partial charge in [-0.3, -0.25) is 0 Å². The molecule has 0 aromatic heterocycles. The minimum Gasteiger partial charge on any atom is -0.103 e. The van der Waals surface area contributed by atoms with Gasteiger partial charge in [-0.05, 0) is 17.5 Å². The molecule has 0 radical (unpaired) electrons. The van der Waals surface area contributed by atoms with Crippen LogP contribution in [0, 0.1) is 17.8 Å². The molecule has 1 rings (SSSR count). The molecule has 0 saturated carbocycles. The van der Waals surface area contributed by atoms with E-state index in [-0.39, 0.29) is 5.92 Å². The van der Waals surface area contributed by atoms with Crippen molar-refractivity contribution in [2.75, 3.05) is 0 Å². The highest BCUT2D eigenvalue weighted by Gasteiger charge is 2.16. The topological polar surface area (TPSA) is 0 Å². The highest BCUT2D eigenvalue weighted by molar-refractivity contribution is 6.42. The largest absolute Gasteiger partial charge is 0.103 e. The van der Waals surface area contributed by atoms with Crippen molar-refractivity contribution >= 4 is 23.2 Å². The van der Waals surface area contributed by atoms with Gasteiger partial charge in [-0.1, -0.05) is 62.0 Å². The summed E-state index contributed by atoms with van der Waals surface area (Å²) in [5.74, 6) is 6.92. The van der Waals surface area contributed by atoms with Gasteiger partial charge in [0.2, 0.25) is 0 Å². The SMILES string of the molecule is CCC#CC(C)C(C)c1cccc(Cl)c1Cl. The summed E-state index contributed by atoms with van der Waals surface area (Å²) in [7, 11) is 0. The second-order valence-electron chi connectivity index (χ2n) is 3.90. The zero-order chi connectivity index (χ0) is 12.1. The molecule has 0 saturated heterocycles. The lowest BCUT2D eigenvalue weighted by Gasteiger charge is -2.17. The molecule has 0 fully saturated rings. The molecular weight excluding hydrogens is 239 g/mol. The van der Waals surface area contributed by atoms with Crippen LogP contribution in [0.15, 0.2) is 18.2 Å². The van der Waals surface area contributed by atoms with Crippen LogP contribution in [0.4, 0.5) is 0 Å². The van der Waals surface area contributed by atoms with Crippen molar-refractivity contribution < 1.29 is 0 Å². The summed E-state index contributed by atoms with van der Waals surface area (Å²) < 4.78 is 0. The second kappa shape index (κ2) is 6.18. The summed E-state index contributed by atoms with van der Waals surface area (Å²) in [5.41, 5.74) is 1.08. The summed E-state index contributed by atoms with van der Waals surface area (Å²) >= 11 is 12.2. The van der Waals surface area contributed by atoms with Crippen molar-refractivity contribution in [2.45, 2.75) is 33.1 Å². The van der Waals surface area contributed by atoms with Gasteiger partial charge in [0, 0.05) is 12.3 Å². The van der Waals surface area contributed by atoms with Gasteiger partial charge in [-0.15, -0.1) is 5.92 Å². The molecule has 0 aliphatic heterocycles. The highest BCUT2D eigenvalue weighted by atomic mass is 35.5. The van der Waals surface area contributed by atoms with E-state index in [0.717, 1.165) is 12.0 Å². The Balaban J connectivity index is 2.96. The van der Waals surface area contributed by atoms with Crippen LogP contribution in [-0.2, 0) is 0 Å². The van der Waals surface area contributed by atoms with E-state index in [1.807, 2.05) is 18.2 Å². The Morgan fingerprint density at radius 1 is 1.25 bits per heavy atom. The quantitative estimate of drug-likeness (QED) is 0.641. The molecule has 86 valence electrons. The molecule has 0 N–H and O–H groups in total. The van der Waals surface area contributed by atoms with Crippen molar-refractivity contribution in [2.24, 2.45) is 5.92 Å². The van der Waals surface area contributed by atoms with Crippen molar-refractivity contribution in [3.63, 3.8) is 0 Å². The van der Waals surface area contributed by atoms with E-state index < -0.39 is 0 Å². The van der Waals surface area contributed by atoms with Crippen LogP contribution < -0.4 is 0 Å². The van der Waals surface area contributed by atoms with Crippen LogP contribution in [0.1, 0.15) is 38.7 Å². The smallest absolute Gasteiger partial charge is 0.0627 e.